The molecule has 24 heavy (non-hydrogen) atoms. The first-order valence-corrected chi connectivity index (χ1v) is 8.22. The summed E-state index contributed by atoms with van der Waals surface area (Å²) >= 11 is 0. The summed E-state index contributed by atoms with van der Waals surface area (Å²) in [6, 6.07) is 2.85. The van der Waals surface area contributed by atoms with E-state index in [9.17, 15) is 14.0 Å². The first kappa shape index (κ1) is 15.2. The maximum Gasteiger partial charge on any atom is 0.350 e. The Morgan fingerprint density at radius 2 is 1.96 bits per heavy atom. The minimum Gasteiger partial charge on any atom is -0.369 e. The van der Waals surface area contributed by atoms with Crippen LogP contribution in [0.3, 0.4) is 0 Å². The van der Waals surface area contributed by atoms with Gasteiger partial charge in [-0.05, 0) is 43.9 Å². The molecule has 0 amide bonds. The number of hydrogen-bond donors (Lipinski definition) is 2. The minimum atomic E-state index is -0.668. The average Bonchev–Trinajstić information content (AvgIpc) is 3.29. The van der Waals surface area contributed by atoms with Gasteiger partial charge in [-0.25, -0.2) is 9.18 Å². The zero-order valence-corrected chi connectivity index (χ0v) is 13.2. The molecule has 1 aliphatic carbocycles. The highest BCUT2D eigenvalue weighted by Crippen LogP contribution is 2.36. The number of aromatic nitrogens is 2. The van der Waals surface area contributed by atoms with Crippen LogP contribution in [0.5, 0.6) is 0 Å². The Balaban J connectivity index is 1.94. The molecule has 0 radical (unpaired) electrons. The van der Waals surface area contributed by atoms with Crippen LogP contribution in [0.4, 0.5) is 10.1 Å². The lowest BCUT2D eigenvalue weighted by Crippen LogP contribution is -2.44. The lowest BCUT2D eigenvalue weighted by atomic mass is 10.1. The maximum absolute atomic E-state index is 14.6. The summed E-state index contributed by atoms with van der Waals surface area (Å²) in [4.78, 5) is 26.6. The zero-order valence-electron chi connectivity index (χ0n) is 13.2. The van der Waals surface area contributed by atoms with Crippen molar-refractivity contribution in [1.29, 1.82) is 0 Å². The van der Waals surface area contributed by atoms with E-state index in [1.54, 1.807) is 6.07 Å². The molecule has 4 N–H and O–H groups in total. The molecule has 2 aliphatic rings. The number of hydrogen-bond acceptors (Lipinski definition) is 5. The van der Waals surface area contributed by atoms with Gasteiger partial charge in [-0.2, -0.15) is 4.68 Å². The van der Waals surface area contributed by atoms with E-state index < -0.39 is 17.1 Å². The third kappa shape index (κ3) is 2.21. The Morgan fingerprint density at radius 3 is 2.58 bits per heavy atom. The van der Waals surface area contributed by atoms with Gasteiger partial charge < -0.3 is 16.5 Å². The van der Waals surface area contributed by atoms with E-state index in [0.29, 0.717) is 41.4 Å². The quantitative estimate of drug-likeness (QED) is 0.778. The normalized spacial score (nSPS) is 20.9. The van der Waals surface area contributed by atoms with Gasteiger partial charge in [0.1, 0.15) is 5.82 Å². The number of nitrogens with two attached hydrogens (primary N) is 2. The Bertz CT molecular complexity index is 931. The predicted octanol–water partition coefficient (Wildman–Crippen LogP) is 0.136. The molecule has 1 saturated carbocycles. The lowest BCUT2D eigenvalue weighted by molar-refractivity contribution is 0.597. The van der Waals surface area contributed by atoms with Crippen molar-refractivity contribution >= 4 is 16.6 Å². The first-order chi connectivity index (χ1) is 11.5. The highest BCUT2D eigenvalue weighted by atomic mass is 19.1. The molecule has 7 nitrogen and oxygen atoms in total. The number of fused-ring (bicyclic) bond motifs is 1. The molecular weight excluding hydrogens is 313 g/mol. The van der Waals surface area contributed by atoms with Crippen LogP contribution in [-0.4, -0.2) is 28.9 Å². The van der Waals surface area contributed by atoms with E-state index in [1.165, 1.54) is 10.6 Å². The van der Waals surface area contributed by atoms with E-state index in [0.717, 1.165) is 19.3 Å². The summed E-state index contributed by atoms with van der Waals surface area (Å²) in [5.74, 6) is 5.45. The molecule has 128 valence electrons. The monoisotopic (exact) mass is 333 g/mol. The fourth-order valence-electron chi connectivity index (χ4n) is 3.53. The maximum atomic E-state index is 14.6. The van der Waals surface area contributed by atoms with Gasteiger partial charge in [-0.15, -0.1) is 0 Å². The molecule has 8 heteroatoms. The van der Waals surface area contributed by atoms with Crippen molar-refractivity contribution in [2.45, 2.75) is 25.3 Å². The predicted molar refractivity (Wildman–Crippen MR) is 90.2 cm³/mol. The summed E-state index contributed by atoms with van der Waals surface area (Å²) in [6.07, 6.45) is 2.63. The molecule has 0 spiro atoms. The molecule has 1 aromatic heterocycles. The number of anilines is 1. The SMILES string of the molecule is NCC1CCN(c2cc3c(cc2F)c(=O)n(N)c(=O)n3C2CC2)C1. The van der Waals surface area contributed by atoms with Crippen molar-refractivity contribution in [3.05, 3.63) is 38.8 Å². The van der Waals surface area contributed by atoms with Crippen LogP contribution in [-0.2, 0) is 0 Å². The number of benzene rings is 1. The van der Waals surface area contributed by atoms with E-state index >= 15 is 0 Å². The van der Waals surface area contributed by atoms with Gasteiger partial charge in [-0.3, -0.25) is 9.36 Å². The first-order valence-electron chi connectivity index (χ1n) is 8.22. The fraction of sp³-hybridized carbons (Fsp3) is 0.500. The standard InChI is InChI=1S/C16H20FN5O2/c17-12-5-11-13(6-14(12)20-4-3-9(7-18)8-20)21(10-1-2-10)16(24)22(19)15(11)23/h5-6,9-10H,1-4,7-8,18-19H2. The summed E-state index contributed by atoms with van der Waals surface area (Å²) in [6.45, 7) is 1.96. The van der Waals surface area contributed by atoms with Gasteiger partial charge in [-0.1, -0.05) is 0 Å². The van der Waals surface area contributed by atoms with E-state index in [2.05, 4.69) is 0 Å². The Labute approximate surface area is 137 Å². The van der Waals surface area contributed by atoms with Crippen LogP contribution >= 0.6 is 0 Å². The molecule has 2 aromatic rings. The smallest absolute Gasteiger partial charge is 0.350 e. The minimum absolute atomic E-state index is 0.0316. The number of halogens is 1. The topological polar surface area (TPSA) is 99.3 Å². The molecular formula is C16H20FN5O2. The van der Waals surface area contributed by atoms with E-state index in [1.807, 2.05) is 4.90 Å². The second-order valence-electron chi connectivity index (χ2n) is 6.72. The summed E-state index contributed by atoms with van der Waals surface area (Å²) in [5.41, 5.74) is 5.37. The number of nitrogen functional groups attached to an aromatic ring is 1. The van der Waals surface area contributed by atoms with Gasteiger partial charge in [0.05, 0.1) is 16.6 Å². The third-order valence-electron chi connectivity index (χ3n) is 5.06. The molecule has 1 aromatic carbocycles. The summed E-state index contributed by atoms with van der Waals surface area (Å²) in [5, 5.41) is 0.139. The molecule has 2 heterocycles. The molecule has 2 fully saturated rings. The highest BCUT2D eigenvalue weighted by Gasteiger charge is 2.30. The van der Waals surface area contributed by atoms with Gasteiger partial charge in [0.2, 0.25) is 0 Å². The Morgan fingerprint density at radius 1 is 1.21 bits per heavy atom. The van der Waals surface area contributed by atoms with Crippen LogP contribution < -0.4 is 27.7 Å². The molecule has 4 rings (SSSR count). The van der Waals surface area contributed by atoms with Gasteiger partial charge in [0, 0.05) is 19.1 Å². The van der Waals surface area contributed by atoms with Crippen LogP contribution in [0, 0.1) is 11.7 Å². The zero-order chi connectivity index (χ0) is 17.0. The second-order valence-corrected chi connectivity index (χ2v) is 6.72. The van der Waals surface area contributed by atoms with Crippen LogP contribution in [0.1, 0.15) is 25.3 Å². The van der Waals surface area contributed by atoms with Crippen molar-refractivity contribution in [1.82, 2.24) is 9.24 Å². The molecule has 1 aliphatic heterocycles. The number of nitrogens with zero attached hydrogens (tertiary/aromatic N) is 3. The van der Waals surface area contributed by atoms with Crippen molar-refractivity contribution < 1.29 is 4.39 Å². The van der Waals surface area contributed by atoms with Gasteiger partial charge in [0.25, 0.3) is 5.56 Å². The second kappa shape index (κ2) is 5.34. The summed E-state index contributed by atoms with van der Waals surface area (Å²) < 4.78 is 16.7. The van der Waals surface area contributed by atoms with Crippen molar-refractivity contribution in [2.24, 2.45) is 11.7 Å². The summed E-state index contributed by atoms with van der Waals surface area (Å²) in [7, 11) is 0. The van der Waals surface area contributed by atoms with Crippen LogP contribution in [0.15, 0.2) is 21.7 Å². The van der Waals surface area contributed by atoms with Crippen LogP contribution in [0.25, 0.3) is 10.9 Å². The Hall–Kier alpha value is -2.35. The molecule has 1 saturated heterocycles. The highest BCUT2D eigenvalue weighted by molar-refractivity contribution is 5.83. The van der Waals surface area contributed by atoms with E-state index in [-0.39, 0.29) is 11.4 Å². The van der Waals surface area contributed by atoms with E-state index in [4.69, 9.17) is 11.6 Å². The molecule has 0 bridgehead atoms. The van der Waals surface area contributed by atoms with Gasteiger partial charge >= 0.3 is 5.69 Å². The lowest BCUT2D eigenvalue weighted by Gasteiger charge is -2.21. The molecule has 1 unspecified atom stereocenters. The average molecular weight is 333 g/mol. The van der Waals surface area contributed by atoms with Crippen LogP contribution in [0.2, 0.25) is 0 Å². The molecule has 1 atom stereocenters. The number of rotatable bonds is 3. The fourth-order valence-corrected chi connectivity index (χ4v) is 3.53. The Kier molecular flexibility index (Phi) is 3.38. The third-order valence-corrected chi connectivity index (χ3v) is 5.06. The van der Waals surface area contributed by atoms with Crippen molar-refractivity contribution in [3.8, 4) is 0 Å². The largest absolute Gasteiger partial charge is 0.369 e. The van der Waals surface area contributed by atoms with Crippen molar-refractivity contribution in [2.75, 3.05) is 30.4 Å². The van der Waals surface area contributed by atoms with Crippen molar-refractivity contribution in [3.63, 3.8) is 0 Å². The van der Waals surface area contributed by atoms with Gasteiger partial charge in [0.15, 0.2) is 0 Å².